The van der Waals surface area contributed by atoms with E-state index >= 15 is 0 Å². The SMILES string of the molecule is CC(Nc1ccc(CN2CCCC2=O)cc1)c1c(F)cccc1F. The fourth-order valence-electron chi connectivity index (χ4n) is 3.04. The van der Waals surface area contributed by atoms with Crippen molar-refractivity contribution in [1.82, 2.24) is 4.90 Å². The van der Waals surface area contributed by atoms with E-state index in [-0.39, 0.29) is 11.5 Å². The van der Waals surface area contributed by atoms with Crippen LogP contribution in [0.4, 0.5) is 14.5 Å². The number of likely N-dealkylation sites (tertiary alicyclic amines) is 1. The van der Waals surface area contributed by atoms with E-state index in [1.165, 1.54) is 18.2 Å². The van der Waals surface area contributed by atoms with Crippen LogP contribution in [0.2, 0.25) is 0 Å². The Morgan fingerprint density at radius 2 is 1.79 bits per heavy atom. The molecule has 24 heavy (non-hydrogen) atoms. The highest BCUT2D eigenvalue weighted by Crippen LogP contribution is 2.25. The highest BCUT2D eigenvalue weighted by Gasteiger charge is 2.20. The summed E-state index contributed by atoms with van der Waals surface area (Å²) in [5, 5.41) is 3.11. The van der Waals surface area contributed by atoms with Gasteiger partial charge >= 0.3 is 0 Å². The lowest BCUT2D eigenvalue weighted by Gasteiger charge is -2.18. The van der Waals surface area contributed by atoms with Crippen molar-refractivity contribution < 1.29 is 13.6 Å². The third-order valence-corrected chi connectivity index (χ3v) is 4.31. The lowest BCUT2D eigenvalue weighted by atomic mass is 10.1. The van der Waals surface area contributed by atoms with E-state index in [2.05, 4.69) is 5.32 Å². The Labute approximate surface area is 140 Å². The van der Waals surface area contributed by atoms with Crippen molar-refractivity contribution in [1.29, 1.82) is 0 Å². The van der Waals surface area contributed by atoms with Crippen LogP contribution in [0, 0.1) is 11.6 Å². The van der Waals surface area contributed by atoms with Crippen molar-refractivity contribution in [2.75, 3.05) is 11.9 Å². The fraction of sp³-hybridized carbons (Fsp3) is 0.316. The van der Waals surface area contributed by atoms with E-state index in [0.717, 1.165) is 24.2 Å². The van der Waals surface area contributed by atoms with Crippen LogP contribution in [-0.2, 0) is 11.3 Å². The first-order chi connectivity index (χ1) is 11.5. The molecule has 0 aromatic heterocycles. The molecule has 1 saturated heterocycles. The van der Waals surface area contributed by atoms with Gasteiger partial charge in [0.25, 0.3) is 0 Å². The maximum atomic E-state index is 13.8. The molecule has 5 heteroatoms. The average Bonchev–Trinajstić information content (AvgIpc) is 2.94. The number of rotatable bonds is 5. The molecule has 1 unspecified atom stereocenters. The van der Waals surface area contributed by atoms with Crippen LogP contribution in [0.1, 0.15) is 36.9 Å². The van der Waals surface area contributed by atoms with Gasteiger partial charge in [-0.05, 0) is 43.2 Å². The first kappa shape index (κ1) is 16.4. The van der Waals surface area contributed by atoms with Crippen LogP contribution in [0.5, 0.6) is 0 Å². The van der Waals surface area contributed by atoms with Gasteiger partial charge < -0.3 is 10.2 Å². The first-order valence-electron chi connectivity index (χ1n) is 8.12. The Kier molecular flexibility index (Phi) is 4.79. The molecule has 0 bridgehead atoms. The van der Waals surface area contributed by atoms with Crippen molar-refractivity contribution in [3.63, 3.8) is 0 Å². The highest BCUT2D eigenvalue weighted by atomic mass is 19.1. The summed E-state index contributed by atoms with van der Waals surface area (Å²) in [5.41, 5.74) is 1.85. The number of halogens is 2. The largest absolute Gasteiger partial charge is 0.378 e. The number of hydrogen-bond donors (Lipinski definition) is 1. The van der Waals surface area contributed by atoms with E-state index in [9.17, 15) is 13.6 Å². The Hall–Kier alpha value is -2.43. The van der Waals surface area contributed by atoms with Gasteiger partial charge in [0.1, 0.15) is 11.6 Å². The maximum Gasteiger partial charge on any atom is 0.222 e. The lowest BCUT2D eigenvalue weighted by Crippen LogP contribution is -2.23. The summed E-state index contributed by atoms with van der Waals surface area (Å²) >= 11 is 0. The maximum absolute atomic E-state index is 13.8. The Morgan fingerprint density at radius 1 is 1.12 bits per heavy atom. The highest BCUT2D eigenvalue weighted by molar-refractivity contribution is 5.78. The van der Waals surface area contributed by atoms with Crippen LogP contribution < -0.4 is 5.32 Å². The van der Waals surface area contributed by atoms with Crippen molar-refractivity contribution in [2.45, 2.75) is 32.4 Å². The normalized spacial score (nSPS) is 15.6. The van der Waals surface area contributed by atoms with Crippen molar-refractivity contribution >= 4 is 11.6 Å². The number of carbonyl (C=O) groups excluding carboxylic acids is 1. The topological polar surface area (TPSA) is 32.3 Å². The monoisotopic (exact) mass is 330 g/mol. The van der Waals surface area contributed by atoms with Gasteiger partial charge in [0, 0.05) is 30.8 Å². The zero-order valence-electron chi connectivity index (χ0n) is 13.6. The van der Waals surface area contributed by atoms with Crippen LogP contribution in [0.15, 0.2) is 42.5 Å². The second-order valence-corrected chi connectivity index (χ2v) is 6.12. The standard InChI is InChI=1S/C19H20F2N2O/c1-13(19-16(20)4-2-5-17(19)21)22-15-9-7-14(8-10-15)12-23-11-3-6-18(23)24/h2,4-5,7-10,13,22H,3,6,11-12H2,1H3. The Bertz CT molecular complexity index is 710. The number of carbonyl (C=O) groups is 1. The van der Waals surface area contributed by atoms with E-state index in [1.807, 2.05) is 29.2 Å². The van der Waals surface area contributed by atoms with Crippen molar-refractivity contribution in [2.24, 2.45) is 0 Å². The summed E-state index contributed by atoms with van der Waals surface area (Å²) in [4.78, 5) is 13.5. The second-order valence-electron chi connectivity index (χ2n) is 6.12. The number of amides is 1. The summed E-state index contributed by atoms with van der Waals surface area (Å²) in [6.45, 7) is 3.14. The molecule has 2 aromatic rings. The number of nitrogens with one attached hydrogen (secondary N) is 1. The molecule has 2 aromatic carbocycles. The molecule has 0 aliphatic carbocycles. The van der Waals surface area contributed by atoms with Gasteiger partial charge in [-0.25, -0.2) is 8.78 Å². The van der Waals surface area contributed by atoms with Crippen LogP contribution >= 0.6 is 0 Å². The zero-order chi connectivity index (χ0) is 17.1. The van der Waals surface area contributed by atoms with Crippen LogP contribution in [-0.4, -0.2) is 17.4 Å². The van der Waals surface area contributed by atoms with Crippen molar-refractivity contribution in [3.8, 4) is 0 Å². The lowest BCUT2D eigenvalue weighted by molar-refractivity contribution is -0.128. The molecule has 0 saturated carbocycles. The summed E-state index contributed by atoms with van der Waals surface area (Å²) in [6.07, 6.45) is 1.55. The van der Waals surface area contributed by atoms with Gasteiger partial charge in [-0.3, -0.25) is 4.79 Å². The summed E-state index contributed by atoms with van der Waals surface area (Å²) < 4.78 is 27.6. The number of anilines is 1. The van der Waals surface area contributed by atoms with Gasteiger partial charge in [-0.2, -0.15) is 0 Å². The van der Waals surface area contributed by atoms with E-state index < -0.39 is 17.7 Å². The molecule has 1 aliphatic heterocycles. The summed E-state index contributed by atoms with van der Waals surface area (Å²) in [7, 11) is 0. The Balaban J connectivity index is 1.66. The third kappa shape index (κ3) is 3.55. The molecule has 3 rings (SSSR count). The molecular formula is C19H20F2N2O. The third-order valence-electron chi connectivity index (χ3n) is 4.31. The predicted molar refractivity (Wildman–Crippen MR) is 89.5 cm³/mol. The second kappa shape index (κ2) is 6.99. The molecule has 1 atom stereocenters. The minimum absolute atomic E-state index is 0.0317. The first-order valence-corrected chi connectivity index (χ1v) is 8.12. The molecule has 1 N–H and O–H groups in total. The molecule has 3 nitrogen and oxygen atoms in total. The summed E-state index contributed by atoms with van der Waals surface area (Å²) in [6, 6.07) is 11.0. The molecule has 0 spiro atoms. The molecule has 126 valence electrons. The minimum Gasteiger partial charge on any atom is -0.378 e. The Morgan fingerprint density at radius 3 is 2.38 bits per heavy atom. The fourth-order valence-corrected chi connectivity index (χ4v) is 3.04. The number of nitrogens with zero attached hydrogens (tertiary/aromatic N) is 1. The van der Waals surface area contributed by atoms with Gasteiger partial charge in [-0.15, -0.1) is 0 Å². The van der Waals surface area contributed by atoms with E-state index in [4.69, 9.17) is 0 Å². The van der Waals surface area contributed by atoms with Crippen molar-refractivity contribution in [3.05, 3.63) is 65.2 Å². The molecule has 1 heterocycles. The molecule has 1 aliphatic rings. The zero-order valence-corrected chi connectivity index (χ0v) is 13.6. The number of hydrogen-bond acceptors (Lipinski definition) is 2. The van der Waals surface area contributed by atoms with Gasteiger partial charge in [-0.1, -0.05) is 18.2 Å². The molecule has 1 amide bonds. The minimum atomic E-state index is -0.556. The van der Waals surface area contributed by atoms with Crippen LogP contribution in [0.3, 0.4) is 0 Å². The van der Waals surface area contributed by atoms with E-state index in [0.29, 0.717) is 13.0 Å². The molecule has 1 fully saturated rings. The number of benzene rings is 2. The molecular weight excluding hydrogens is 310 g/mol. The quantitative estimate of drug-likeness (QED) is 0.888. The summed E-state index contributed by atoms with van der Waals surface area (Å²) in [5.74, 6) is -0.917. The van der Waals surface area contributed by atoms with Gasteiger partial charge in [0.15, 0.2) is 0 Å². The molecule has 0 radical (unpaired) electrons. The average molecular weight is 330 g/mol. The predicted octanol–water partition coefficient (Wildman–Crippen LogP) is 4.26. The van der Waals surface area contributed by atoms with E-state index in [1.54, 1.807) is 6.92 Å². The van der Waals surface area contributed by atoms with Gasteiger partial charge in [0.2, 0.25) is 5.91 Å². The van der Waals surface area contributed by atoms with Gasteiger partial charge in [0.05, 0.1) is 6.04 Å². The van der Waals surface area contributed by atoms with Crippen LogP contribution in [0.25, 0.3) is 0 Å². The smallest absolute Gasteiger partial charge is 0.222 e.